The Morgan fingerprint density at radius 2 is 0.909 bits per heavy atom. The summed E-state index contributed by atoms with van der Waals surface area (Å²) in [7, 11) is 0. The molecule has 55 heavy (non-hydrogen) atoms. The minimum Gasteiger partial charge on any atom is -0.454 e. The summed E-state index contributed by atoms with van der Waals surface area (Å²) in [5, 5.41) is 9.65. The highest BCUT2D eigenvalue weighted by Gasteiger charge is 2.21. The van der Waals surface area contributed by atoms with Crippen LogP contribution in [0.2, 0.25) is 0 Å². The summed E-state index contributed by atoms with van der Waals surface area (Å²) in [6, 6.07) is 70.2. The number of furan rings is 1. The van der Waals surface area contributed by atoms with Crippen LogP contribution in [0.4, 0.5) is 0 Å². The van der Waals surface area contributed by atoms with E-state index in [2.05, 4.69) is 197 Å². The van der Waals surface area contributed by atoms with Crippen molar-refractivity contribution in [3.63, 3.8) is 0 Å². The monoisotopic (exact) mass is 700 g/mol. The third-order valence-electron chi connectivity index (χ3n) is 11.5. The average Bonchev–Trinajstić information content (AvgIpc) is 3.91. The summed E-state index contributed by atoms with van der Waals surface area (Å²) >= 11 is 0. The molecule has 12 rings (SSSR count). The zero-order chi connectivity index (χ0) is 36.0. The molecule has 3 aromatic heterocycles. The van der Waals surface area contributed by atoms with Gasteiger partial charge in [0.1, 0.15) is 5.58 Å². The number of para-hydroxylation sites is 3. The van der Waals surface area contributed by atoms with E-state index in [1.54, 1.807) is 0 Å². The Balaban J connectivity index is 1.12. The van der Waals surface area contributed by atoms with Gasteiger partial charge >= 0.3 is 0 Å². The summed E-state index contributed by atoms with van der Waals surface area (Å²) in [6.45, 7) is 0. The average molecular weight is 701 g/mol. The quantitative estimate of drug-likeness (QED) is 0.179. The largest absolute Gasteiger partial charge is 0.454 e. The number of nitrogens with zero attached hydrogens (tertiary/aromatic N) is 2. The van der Waals surface area contributed by atoms with Crippen molar-refractivity contribution in [2.24, 2.45) is 0 Å². The third-order valence-corrected chi connectivity index (χ3v) is 11.5. The molecule has 0 aliphatic carbocycles. The van der Waals surface area contributed by atoms with Crippen molar-refractivity contribution in [1.82, 2.24) is 9.13 Å². The van der Waals surface area contributed by atoms with Gasteiger partial charge in [0.15, 0.2) is 5.58 Å². The predicted octanol–water partition coefficient (Wildman–Crippen LogP) is 14.3. The first kappa shape index (κ1) is 30.1. The van der Waals surface area contributed by atoms with Crippen molar-refractivity contribution in [3.05, 3.63) is 194 Å². The number of hydrogen-bond acceptors (Lipinski definition) is 1. The zero-order valence-electron chi connectivity index (χ0n) is 29.8. The Morgan fingerprint density at radius 1 is 0.327 bits per heavy atom. The molecule has 0 radical (unpaired) electrons. The molecule has 0 saturated heterocycles. The number of benzene rings is 9. The maximum absolute atomic E-state index is 6.62. The van der Waals surface area contributed by atoms with Gasteiger partial charge in [0.25, 0.3) is 0 Å². The second-order valence-electron chi connectivity index (χ2n) is 14.5. The third kappa shape index (κ3) is 4.38. The molecule has 0 aliphatic rings. The van der Waals surface area contributed by atoms with Gasteiger partial charge in [-0.1, -0.05) is 140 Å². The second kappa shape index (κ2) is 11.6. The van der Waals surface area contributed by atoms with Crippen LogP contribution in [0.15, 0.2) is 199 Å². The topological polar surface area (TPSA) is 23.0 Å². The van der Waals surface area contributed by atoms with Crippen LogP contribution in [-0.2, 0) is 0 Å². The van der Waals surface area contributed by atoms with E-state index in [1.807, 2.05) is 6.07 Å². The van der Waals surface area contributed by atoms with E-state index >= 15 is 0 Å². The first-order chi connectivity index (χ1) is 27.3. The second-order valence-corrected chi connectivity index (χ2v) is 14.5. The number of rotatable bonds is 4. The minimum absolute atomic E-state index is 0.893. The van der Waals surface area contributed by atoms with Crippen molar-refractivity contribution in [2.45, 2.75) is 0 Å². The maximum Gasteiger partial charge on any atom is 0.159 e. The Kier molecular flexibility index (Phi) is 6.34. The van der Waals surface area contributed by atoms with Gasteiger partial charge in [-0.3, -0.25) is 0 Å². The molecular formula is C52H32N2O. The molecule has 3 nitrogen and oxygen atoms in total. The number of hydrogen-bond donors (Lipinski definition) is 0. The standard InChI is InChI=1S/C52H32N2O/c1-2-13-34(14-3-1)38-20-11-24-48-51(38)43-32-36(28-30-47(43)54(48)49-25-12-21-41-40-19-7-9-26-50(40)55-52(41)49)35-27-29-46-42(31-35)39-18-6-8-22-45(39)53(46)44-23-10-16-33-15-4-5-17-37(33)44/h1-32H. The molecule has 3 heteroatoms. The van der Waals surface area contributed by atoms with E-state index in [1.165, 1.54) is 71.3 Å². The molecule has 12 aromatic rings. The molecule has 0 N–H and O–H groups in total. The van der Waals surface area contributed by atoms with E-state index in [0.717, 1.165) is 38.7 Å². The SMILES string of the molecule is c1ccc(-c2cccc3c2c2cc(-c4ccc5c(c4)c4ccccc4n5-c4cccc5ccccc45)ccc2n3-c2cccc3c2oc2ccccc23)cc1. The molecule has 256 valence electrons. The lowest BCUT2D eigenvalue weighted by atomic mass is 9.97. The van der Waals surface area contributed by atoms with Crippen LogP contribution in [0.25, 0.3) is 110 Å². The number of fused-ring (bicyclic) bond motifs is 10. The molecule has 0 saturated carbocycles. The molecule has 0 aliphatic heterocycles. The Bertz CT molecular complexity index is 3480. The minimum atomic E-state index is 0.893. The summed E-state index contributed by atoms with van der Waals surface area (Å²) in [5.41, 5.74) is 13.5. The van der Waals surface area contributed by atoms with Gasteiger partial charge in [0, 0.05) is 37.7 Å². The van der Waals surface area contributed by atoms with Crippen LogP contribution in [-0.4, -0.2) is 9.13 Å². The van der Waals surface area contributed by atoms with Crippen LogP contribution in [0.5, 0.6) is 0 Å². The van der Waals surface area contributed by atoms with Gasteiger partial charge in [-0.05, 0) is 82.2 Å². The molecule has 0 fully saturated rings. The van der Waals surface area contributed by atoms with Gasteiger partial charge in [0.2, 0.25) is 0 Å². The highest BCUT2D eigenvalue weighted by molar-refractivity contribution is 6.18. The molecular weight excluding hydrogens is 669 g/mol. The molecule has 0 atom stereocenters. The van der Waals surface area contributed by atoms with Gasteiger partial charge < -0.3 is 13.6 Å². The van der Waals surface area contributed by atoms with E-state index < -0.39 is 0 Å². The van der Waals surface area contributed by atoms with Crippen LogP contribution >= 0.6 is 0 Å². The molecule has 0 bridgehead atoms. The van der Waals surface area contributed by atoms with Crippen molar-refractivity contribution in [1.29, 1.82) is 0 Å². The Hall–Kier alpha value is -7.36. The summed E-state index contributed by atoms with van der Waals surface area (Å²) < 4.78 is 11.4. The molecule has 3 heterocycles. The van der Waals surface area contributed by atoms with E-state index in [-0.39, 0.29) is 0 Å². The van der Waals surface area contributed by atoms with Gasteiger partial charge in [-0.25, -0.2) is 0 Å². The Labute approximate surface area is 316 Å². The lowest BCUT2D eigenvalue weighted by molar-refractivity contribution is 0.666. The van der Waals surface area contributed by atoms with Gasteiger partial charge in [0.05, 0.1) is 33.4 Å². The highest BCUT2D eigenvalue weighted by Crippen LogP contribution is 2.43. The fourth-order valence-corrected chi connectivity index (χ4v) is 9.09. The fourth-order valence-electron chi connectivity index (χ4n) is 9.09. The predicted molar refractivity (Wildman–Crippen MR) is 231 cm³/mol. The van der Waals surface area contributed by atoms with Crippen molar-refractivity contribution >= 4 is 76.3 Å². The van der Waals surface area contributed by atoms with Gasteiger partial charge in [-0.15, -0.1) is 0 Å². The lowest BCUT2D eigenvalue weighted by Gasteiger charge is -2.12. The van der Waals surface area contributed by atoms with Crippen molar-refractivity contribution < 1.29 is 4.42 Å². The highest BCUT2D eigenvalue weighted by atomic mass is 16.3. The summed E-state index contributed by atoms with van der Waals surface area (Å²) in [5.74, 6) is 0. The molecule has 0 amide bonds. The molecule has 9 aromatic carbocycles. The van der Waals surface area contributed by atoms with Gasteiger partial charge in [-0.2, -0.15) is 0 Å². The van der Waals surface area contributed by atoms with Crippen molar-refractivity contribution in [3.8, 4) is 33.6 Å². The van der Waals surface area contributed by atoms with E-state index in [4.69, 9.17) is 4.42 Å². The summed E-state index contributed by atoms with van der Waals surface area (Å²) in [6.07, 6.45) is 0. The van der Waals surface area contributed by atoms with Crippen LogP contribution in [0, 0.1) is 0 Å². The zero-order valence-corrected chi connectivity index (χ0v) is 29.8. The van der Waals surface area contributed by atoms with E-state index in [9.17, 15) is 0 Å². The fraction of sp³-hybridized carbons (Fsp3) is 0. The smallest absolute Gasteiger partial charge is 0.159 e. The van der Waals surface area contributed by atoms with Crippen LogP contribution in [0.3, 0.4) is 0 Å². The van der Waals surface area contributed by atoms with Crippen LogP contribution < -0.4 is 0 Å². The first-order valence-corrected chi connectivity index (χ1v) is 18.9. The number of aromatic nitrogens is 2. The van der Waals surface area contributed by atoms with Crippen LogP contribution in [0.1, 0.15) is 0 Å². The van der Waals surface area contributed by atoms with E-state index in [0.29, 0.717) is 0 Å². The lowest BCUT2D eigenvalue weighted by Crippen LogP contribution is -1.95. The maximum atomic E-state index is 6.62. The van der Waals surface area contributed by atoms with Crippen molar-refractivity contribution in [2.75, 3.05) is 0 Å². The normalized spacial score (nSPS) is 12.0. The first-order valence-electron chi connectivity index (χ1n) is 18.9. The molecule has 0 unspecified atom stereocenters. The Morgan fingerprint density at radius 3 is 1.78 bits per heavy atom. The summed E-state index contributed by atoms with van der Waals surface area (Å²) in [4.78, 5) is 0. The molecule has 0 spiro atoms.